The predicted octanol–water partition coefficient (Wildman–Crippen LogP) is 5.13. The lowest BCUT2D eigenvalue weighted by Crippen LogP contribution is -2.32. The quantitative estimate of drug-likeness (QED) is 0.269. The molecule has 166 valence electrons. The molecule has 0 radical (unpaired) electrons. The third-order valence-corrected chi connectivity index (χ3v) is 6.77. The fourth-order valence-electron chi connectivity index (χ4n) is 3.85. The van der Waals surface area contributed by atoms with Gasteiger partial charge in [0.2, 0.25) is 0 Å². The van der Waals surface area contributed by atoms with Gasteiger partial charge in [-0.15, -0.1) is 10.2 Å². The Bertz CT molecular complexity index is 1120. The summed E-state index contributed by atoms with van der Waals surface area (Å²) in [4.78, 5) is 25.4. The van der Waals surface area contributed by atoms with Gasteiger partial charge in [-0.05, 0) is 49.6 Å². The van der Waals surface area contributed by atoms with Crippen molar-refractivity contribution < 1.29 is 9.72 Å². The summed E-state index contributed by atoms with van der Waals surface area (Å²) in [5, 5.41) is 21.0. The molecular formula is C22H22ClN5O3S. The molecular weight excluding hydrogens is 450 g/mol. The predicted molar refractivity (Wildman–Crippen MR) is 123 cm³/mol. The van der Waals surface area contributed by atoms with Crippen LogP contribution in [0, 0.1) is 10.1 Å². The van der Waals surface area contributed by atoms with Crippen molar-refractivity contribution in [1.29, 1.82) is 0 Å². The summed E-state index contributed by atoms with van der Waals surface area (Å²) in [5.74, 6) is 1.38. The first-order chi connectivity index (χ1) is 15.5. The first kappa shape index (κ1) is 22.3. The Morgan fingerprint density at radius 1 is 1.19 bits per heavy atom. The van der Waals surface area contributed by atoms with E-state index >= 15 is 0 Å². The molecule has 4 rings (SSSR count). The molecule has 0 N–H and O–H groups in total. The summed E-state index contributed by atoms with van der Waals surface area (Å²) >= 11 is 7.49. The van der Waals surface area contributed by atoms with Crippen LogP contribution in [0.4, 0.5) is 5.69 Å². The van der Waals surface area contributed by atoms with E-state index in [1.165, 1.54) is 23.9 Å². The van der Waals surface area contributed by atoms with E-state index in [0.717, 1.165) is 29.4 Å². The number of benzene rings is 2. The number of likely N-dealkylation sites (tertiary alicyclic amines) is 1. The highest BCUT2D eigenvalue weighted by Crippen LogP contribution is 2.34. The summed E-state index contributed by atoms with van der Waals surface area (Å²) in [6.45, 7) is 3.39. The van der Waals surface area contributed by atoms with Crippen LogP contribution in [0.5, 0.6) is 0 Å². The van der Waals surface area contributed by atoms with Gasteiger partial charge in [0.05, 0.1) is 11.0 Å². The number of thioether (sulfide) groups is 1. The Kier molecular flexibility index (Phi) is 6.76. The van der Waals surface area contributed by atoms with E-state index < -0.39 is 4.92 Å². The third kappa shape index (κ3) is 4.63. The molecule has 0 saturated carbocycles. The highest BCUT2D eigenvalue weighted by Gasteiger charge is 2.34. The van der Waals surface area contributed by atoms with E-state index in [4.69, 9.17) is 11.6 Å². The number of carbonyl (C=O) groups excluding carboxylic acids is 1. The molecule has 32 heavy (non-hydrogen) atoms. The maximum absolute atomic E-state index is 13.1. The Balaban J connectivity index is 1.50. The smallest absolute Gasteiger partial charge is 0.269 e. The fourth-order valence-corrected chi connectivity index (χ4v) is 4.94. The molecule has 1 aromatic heterocycles. The van der Waals surface area contributed by atoms with Crippen LogP contribution in [0.15, 0.2) is 53.7 Å². The average molecular weight is 472 g/mol. The van der Waals surface area contributed by atoms with Crippen molar-refractivity contribution in [2.75, 3.05) is 6.54 Å². The Labute approximate surface area is 194 Å². The van der Waals surface area contributed by atoms with Crippen LogP contribution >= 0.6 is 23.4 Å². The number of aromatic nitrogens is 3. The van der Waals surface area contributed by atoms with Crippen LogP contribution in [0.25, 0.3) is 0 Å². The number of carbonyl (C=O) groups is 1. The second kappa shape index (κ2) is 9.70. The zero-order valence-electron chi connectivity index (χ0n) is 17.5. The Morgan fingerprint density at radius 2 is 1.91 bits per heavy atom. The number of nitro groups is 1. The first-order valence-corrected chi connectivity index (χ1v) is 11.7. The molecule has 10 heteroatoms. The average Bonchev–Trinajstić information content (AvgIpc) is 3.44. The highest BCUT2D eigenvalue weighted by molar-refractivity contribution is 7.98. The molecule has 1 aliphatic rings. The summed E-state index contributed by atoms with van der Waals surface area (Å²) in [6, 6.07) is 13.3. The van der Waals surface area contributed by atoms with Gasteiger partial charge in [-0.3, -0.25) is 14.9 Å². The Hall–Kier alpha value is -2.91. The van der Waals surface area contributed by atoms with Crippen molar-refractivity contribution in [3.63, 3.8) is 0 Å². The van der Waals surface area contributed by atoms with Crippen molar-refractivity contribution in [3.8, 4) is 0 Å². The van der Waals surface area contributed by atoms with Crippen molar-refractivity contribution in [2.45, 2.75) is 43.3 Å². The zero-order chi connectivity index (χ0) is 22.7. The van der Waals surface area contributed by atoms with Crippen LogP contribution in [-0.2, 0) is 12.3 Å². The molecule has 3 aromatic rings. The molecule has 1 atom stereocenters. The number of nitrogens with zero attached hydrogens (tertiary/aromatic N) is 5. The molecule has 1 saturated heterocycles. The van der Waals surface area contributed by atoms with Crippen LogP contribution in [0.2, 0.25) is 5.02 Å². The van der Waals surface area contributed by atoms with Crippen molar-refractivity contribution in [1.82, 2.24) is 19.7 Å². The summed E-state index contributed by atoms with van der Waals surface area (Å²) in [6.07, 6.45) is 1.75. The molecule has 2 aromatic carbocycles. The van der Waals surface area contributed by atoms with Crippen LogP contribution in [0.3, 0.4) is 0 Å². The number of nitro benzene ring substituents is 1. The lowest BCUT2D eigenvalue weighted by atomic mass is 10.1. The van der Waals surface area contributed by atoms with Gasteiger partial charge in [0.15, 0.2) is 11.0 Å². The standard InChI is InChI=1S/C22H22ClN5O3S/c1-2-26-20(19-4-3-13-27(19)21(29)16-7-9-17(23)10-8-16)24-25-22(26)32-14-15-5-11-18(12-6-15)28(30)31/h5-12,19H,2-4,13-14H2,1H3. The normalized spacial score (nSPS) is 15.8. The van der Waals surface area contributed by atoms with Gasteiger partial charge in [-0.2, -0.15) is 0 Å². The van der Waals surface area contributed by atoms with E-state index in [-0.39, 0.29) is 17.6 Å². The monoisotopic (exact) mass is 471 g/mol. The van der Waals surface area contributed by atoms with Crippen LogP contribution in [-0.4, -0.2) is 37.0 Å². The fraction of sp³-hybridized carbons (Fsp3) is 0.318. The largest absolute Gasteiger partial charge is 0.328 e. The van der Waals surface area contributed by atoms with E-state index in [0.29, 0.717) is 29.4 Å². The zero-order valence-corrected chi connectivity index (χ0v) is 19.1. The van der Waals surface area contributed by atoms with Crippen LogP contribution < -0.4 is 0 Å². The van der Waals surface area contributed by atoms with Gasteiger partial charge in [-0.1, -0.05) is 35.5 Å². The third-order valence-electron chi connectivity index (χ3n) is 5.48. The van der Waals surface area contributed by atoms with Gasteiger partial charge < -0.3 is 9.47 Å². The van der Waals surface area contributed by atoms with Crippen molar-refractivity contribution >= 4 is 35.0 Å². The maximum Gasteiger partial charge on any atom is 0.269 e. The molecule has 2 heterocycles. The molecule has 8 nitrogen and oxygen atoms in total. The maximum atomic E-state index is 13.1. The highest BCUT2D eigenvalue weighted by atomic mass is 35.5. The molecule has 0 aliphatic carbocycles. The SMILES string of the molecule is CCn1c(SCc2ccc([N+](=O)[O-])cc2)nnc1C1CCCN1C(=O)c1ccc(Cl)cc1. The topological polar surface area (TPSA) is 94.2 Å². The van der Waals surface area contributed by atoms with E-state index in [1.807, 2.05) is 16.4 Å². The minimum atomic E-state index is -0.407. The van der Waals surface area contributed by atoms with Gasteiger partial charge >= 0.3 is 0 Å². The van der Waals surface area contributed by atoms with Gasteiger partial charge in [0.1, 0.15) is 0 Å². The lowest BCUT2D eigenvalue weighted by Gasteiger charge is -2.24. The molecule has 1 unspecified atom stereocenters. The Morgan fingerprint density at radius 3 is 2.56 bits per heavy atom. The van der Waals surface area contributed by atoms with Gasteiger partial charge in [-0.25, -0.2) is 0 Å². The molecule has 1 fully saturated rings. The summed E-state index contributed by atoms with van der Waals surface area (Å²) < 4.78 is 2.05. The molecule has 0 spiro atoms. The molecule has 1 amide bonds. The number of halogens is 1. The van der Waals surface area contributed by atoms with E-state index in [9.17, 15) is 14.9 Å². The van der Waals surface area contributed by atoms with Gasteiger partial charge in [0, 0.05) is 41.6 Å². The number of amides is 1. The van der Waals surface area contributed by atoms with Crippen LogP contribution in [0.1, 0.15) is 47.6 Å². The van der Waals surface area contributed by atoms with E-state index in [2.05, 4.69) is 10.2 Å². The number of non-ortho nitro benzene ring substituents is 1. The second-order valence-electron chi connectivity index (χ2n) is 7.46. The van der Waals surface area contributed by atoms with Gasteiger partial charge in [0.25, 0.3) is 11.6 Å². The van der Waals surface area contributed by atoms with Crippen molar-refractivity contribution in [3.05, 3.63) is 80.6 Å². The number of hydrogen-bond acceptors (Lipinski definition) is 6. The van der Waals surface area contributed by atoms with E-state index in [1.54, 1.807) is 36.4 Å². The minimum absolute atomic E-state index is 0.0325. The first-order valence-electron chi connectivity index (χ1n) is 10.3. The molecule has 1 aliphatic heterocycles. The summed E-state index contributed by atoms with van der Waals surface area (Å²) in [5.41, 5.74) is 1.65. The molecule has 0 bridgehead atoms. The second-order valence-corrected chi connectivity index (χ2v) is 8.84. The number of rotatable bonds is 7. The summed E-state index contributed by atoms with van der Waals surface area (Å²) in [7, 11) is 0. The minimum Gasteiger partial charge on any atom is -0.328 e. The number of hydrogen-bond donors (Lipinski definition) is 0. The van der Waals surface area contributed by atoms with Crippen molar-refractivity contribution in [2.24, 2.45) is 0 Å². The lowest BCUT2D eigenvalue weighted by molar-refractivity contribution is -0.384.